The average Bonchev–Trinajstić information content (AvgIpc) is 2.79. The number of nitrogens with zero attached hydrogens (tertiary/aromatic N) is 2. The summed E-state index contributed by atoms with van der Waals surface area (Å²) in [5.74, 6) is 0.616. The van der Waals surface area contributed by atoms with Crippen molar-refractivity contribution in [3.8, 4) is 0 Å². The van der Waals surface area contributed by atoms with Crippen LogP contribution in [0, 0.1) is 12.8 Å². The molecule has 2 fully saturated rings. The van der Waals surface area contributed by atoms with E-state index in [9.17, 15) is 4.79 Å². The number of anilines is 1. The van der Waals surface area contributed by atoms with Gasteiger partial charge in [-0.25, -0.2) is 0 Å². The van der Waals surface area contributed by atoms with Crippen LogP contribution in [0.3, 0.4) is 0 Å². The Kier molecular flexibility index (Phi) is 7.73. The van der Waals surface area contributed by atoms with E-state index in [1.165, 1.54) is 5.56 Å². The van der Waals surface area contributed by atoms with Crippen molar-refractivity contribution in [2.75, 3.05) is 44.7 Å². The molecular formula is C26H35N3O2. The number of carbonyl (C=O) groups is 1. The van der Waals surface area contributed by atoms with E-state index in [1.807, 2.05) is 31.2 Å². The molecule has 2 aliphatic heterocycles. The van der Waals surface area contributed by atoms with Gasteiger partial charge in [0.25, 0.3) is 0 Å². The second-order valence-electron chi connectivity index (χ2n) is 8.94. The maximum atomic E-state index is 12.7. The SMILES string of the molecule is Cc1cccc(NC(=O)CC[C@H]2CN(Cc3ccccc3)CC[C@H]2N2CCOCC2)c1. The Morgan fingerprint density at radius 1 is 1.06 bits per heavy atom. The van der Waals surface area contributed by atoms with Gasteiger partial charge in [0.2, 0.25) is 5.91 Å². The Balaban J connectivity index is 1.37. The molecule has 0 radical (unpaired) electrons. The number of hydrogen-bond acceptors (Lipinski definition) is 4. The van der Waals surface area contributed by atoms with Gasteiger partial charge in [-0.3, -0.25) is 14.6 Å². The van der Waals surface area contributed by atoms with Crippen LogP contribution in [-0.2, 0) is 16.1 Å². The third kappa shape index (κ3) is 6.39. The van der Waals surface area contributed by atoms with Crippen molar-refractivity contribution in [3.05, 3.63) is 65.7 Å². The molecule has 2 atom stereocenters. The van der Waals surface area contributed by atoms with Crippen molar-refractivity contribution < 1.29 is 9.53 Å². The first kappa shape index (κ1) is 22.0. The number of morpholine rings is 1. The molecule has 4 rings (SSSR count). The molecule has 5 heteroatoms. The number of rotatable bonds is 7. The largest absolute Gasteiger partial charge is 0.379 e. The second-order valence-corrected chi connectivity index (χ2v) is 8.94. The molecule has 0 bridgehead atoms. The molecular weight excluding hydrogens is 386 g/mol. The number of benzene rings is 2. The Morgan fingerprint density at radius 3 is 2.65 bits per heavy atom. The smallest absolute Gasteiger partial charge is 0.224 e. The Morgan fingerprint density at radius 2 is 1.87 bits per heavy atom. The molecule has 0 aromatic heterocycles. The average molecular weight is 422 g/mol. The molecule has 31 heavy (non-hydrogen) atoms. The standard InChI is InChI=1S/C26H35N3O2/c1-21-6-5-9-24(18-21)27-26(30)11-10-23-20-28(19-22-7-3-2-4-8-22)13-12-25(23)29-14-16-31-17-15-29/h2-9,18,23,25H,10-17,19-20H2,1H3,(H,27,30)/t23-,25+/m0/s1. The van der Waals surface area contributed by atoms with Crippen molar-refractivity contribution in [3.63, 3.8) is 0 Å². The van der Waals surface area contributed by atoms with Crippen LogP contribution in [0.5, 0.6) is 0 Å². The Labute approximate surface area is 186 Å². The number of amides is 1. The van der Waals surface area contributed by atoms with Crippen molar-refractivity contribution in [1.29, 1.82) is 0 Å². The highest BCUT2D eigenvalue weighted by Crippen LogP contribution is 2.28. The summed E-state index contributed by atoms with van der Waals surface area (Å²) >= 11 is 0. The van der Waals surface area contributed by atoms with Gasteiger partial charge < -0.3 is 10.1 Å². The van der Waals surface area contributed by atoms with Crippen LogP contribution in [0.25, 0.3) is 0 Å². The van der Waals surface area contributed by atoms with E-state index in [0.29, 0.717) is 18.4 Å². The van der Waals surface area contributed by atoms with Gasteiger partial charge in [-0.05, 0) is 55.5 Å². The molecule has 2 aliphatic rings. The summed E-state index contributed by atoms with van der Waals surface area (Å²) in [5.41, 5.74) is 3.42. The number of nitrogens with one attached hydrogen (secondary N) is 1. The normalized spacial score (nSPS) is 22.9. The van der Waals surface area contributed by atoms with Crippen LogP contribution in [0.2, 0.25) is 0 Å². The van der Waals surface area contributed by atoms with Crippen molar-refractivity contribution in [2.45, 2.75) is 38.8 Å². The number of piperidine rings is 1. The maximum Gasteiger partial charge on any atom is 0.224 e. The molecule has 2 aromatic carbocycles. The summed E-state index contributed by atoms with van der Waals surface area (Å²) in [5, 5.41) is 3.08. The van der Waals surface area contributed by atoms with Gasteiger partial charge in [0.15, 0.2) is 0 Å². The van der Waals surface area contributed by atoms with E-state index in [0.717, 1.165) is 70.0 Å². The number of aryl methyl sites for hydroxylation is 1. The van der Waals surface area contributed by atoms with Crippen LogP contribution in [0.15, 0.2) is 54.6 Å². The zero-order valence-corrected chi connectivity index (χ0v) is 18.6. The van der Waals surface area contributed by atoms with Crippen LogP contribution in [0.4, 0.5) is 5.69 Å². The zero-order valence-electron chi connectivity index (χ0n) is 18.6. The lowest BCUT2D eigenvalue weighted by Crippen LogP contribution is -2.53. The highest BCUT2D eigenvalue weighted by molar-refractivity contribution is 5.90. The quantitative estimate of drug-likeness (QED) is 0.736. The summed E-state index contributed by atoms with van der Waals surface area (Å²) in [4.78, 5) is 17.8. The molecule has 5 nitrogen and oxygen atoms in total. The molecule has 0 unspecified atom stereocenters. The molecule has 0 spiro atoms. The zero-order chi connectivity index (χ0) is 21.5. The van der Waals surface area contributed by atoms with Gasteiger partial charge in [0.1, 0.15) is 0 Å². The first-order valence-corrected chi connectivity index (χ1v) is 11.6. The Bertz CT molecular complexity index is 836. The molecule has 0 aliphatic carbocycles. The highest BCUT2D eigenvalue weighted by Gasteiger charge is 2.34. The first-order valence-electron chi connectivity index (χ1n) is 11.6. The van der Waals surface area contributed by atoms with E-state index in [4.69, 9.17) is 4.74 Å². The van der Waals surface area contributed by atoms with Crippen LogP contribution in [-0.4, -0.2) is 61.1 Å². The predicted molar refractivity (Wildman–Crippen MR) is 125 cm³/mol. The molecule has 2 saturated heterocycles. The van der Waals surface area contributed by atoms with Gasteiger partial charge in [-0.2, -0.15) is 0 Å². The fourth-order valence-electron chi connectivity index (χ4n) is 5.02. The van der Waals surface area contributed by atoms with Crippen molar-refractivity contribution >= 4 is 11.6 Å². The van der Waals surface area contributed by atoms with E-state index in [-0.39, 0.29) is 5.91 Å². The molecule has 1 amide bonds. The lowest BCUT2D eigenvalue weighted by atomic mass is 9.86. The number of hydrogen-bond donors (Lipinski definition) is 1. The lowest BCUT2D eigenvalue weighted by molar-refractivity contribution is -0.116. The molecule has 2 heterocycles. The summed E-state index contributed by atoms with van der Waals surface area (Å²) in [6, 6.07) is 19.3. The predicted octanol–water partition coefficient (Wildman–Crippen LogP) is 3.94. The maximum absolute atomic E-state index is 12.7. The third-order valence-electron chi connectivity index (χ3n) is 6.59. The van der Waals surface area contributed by atoms with Crippen molar-refractivity contribution in [2.24, 2.45) is 5.92 Å². The van der Waals surface area contributed by atoms with E-state index in [1.54, 1.807) is 0 Å². The van der Waals surface area contributed by atoms with Crippen LogP contribution in [0.1, 0.15) is 30.4 Å². The van der Waals surface area contributed by atoms with Gasteiger partial charge in [-0.15, -0.1) is 0 Å². The topological polar surface area (TPSA) is 44.8 Å². The number of ether oxygens (including phenoxy) is 1. The van der Waals surface area contributed by atoms with E-state index < -0.39 is 0 Å². The van der Waals surface area contributed by atoms with Crippen LogP contribution < -0.4 is 5.32 Å². The van der Waals surface area contributed by atoms with Gasteiger partial charge in [-0.1, -0.05) is 42.5 Å². The fourth-order valence-corrected chi connectivity index (χ4v) is 5.02. The molecule has 0 saturated carbocycles. The van der Waals surface area contributed by atoms with Gasteiger partial charge >= 0.3 is 0 Å². The van der Waals surface area contributed by atoms with E-state index >= 15 is 0 Å². The summed E-state index contributed by atoms with van der Waals surface area (Å²) < 4.78 is 5.58. The molecule has 166 valence electrons. The number of likely N-dealkylation sites (tertiary alicyclic amines) is 1. The lowest BCUT2D eigenvalue weighted by Gasteiger charge is -2.45. The highest BCUT2D eigenvalue weighted by atomic mass is 16.5. The Hall–Kier alpha value is -2.21. The summed E-state index contributed by atoms with van der Waals surface area (Å²) in [6.45, 7) is 8.87. The van der Waals surface area contributed by atoms with Gasteiger partial charge in [0, 0.05) is 44.3 Å². The minimum atomic E-state index is 0.117. The minimum absolute atomic E-state index is 0.117. The summed E-state index contributed by atoms with van der Waals surface area (Å²) in [6.07, 6.45) is 2.65. The van der Waals surface area contributed by atoms with Crippen molar-refractivity contribution in [1.82, 2.24) is 9.80 Å². The fraction of sp³-hybridized carbons (Fsp3) is 0.500. The first-order chi connectivity index (χ1) is 15.2. The molecule has 2 aromatic rings. The number of carbonyl (C=O) groups excluding carboxylic acids is 1. The van der Waals surface area contributed by atoms with Crippen LogP contribution >= 0.6 is 0 Å². The second kappa shape index (κ2) is 10.9. The van der Waals surface area contributed by atoms with E-state index in [2.05, 4.69) is 45.4 Å². The summed E-state index contributed by atoms with van der Waals surface area (Å²) in [7, 11) is 0. The minimum Gasteiger partial charge on any atom is -0.379 e. The van der Waals surface area contributed by atoms with Gasteiger partial charge in [0.05, 0.1) is 13.2 Å². The molecule has 1 N–H and O–H groups in total. The monoisotopic (exact) mass is 421 g/mol. The third-order valence-corrected chi connectivity index (χ3v) is 6.59.